The number of carbonyl (C=O) groups excluding carboxylic acids is 2. The normalized spacial score (nSPS) is 12.3. The van der Waals surface area contributed by atoms with Gasteiger partial charge in [-0.25, -0.2) is 17.6 Å². The molecule has 2 aromatic carbocycles. The molecule has 0 saturated carbocycles. The zero-order valence-electron chi connectivity index (χ0n) is 14.4. The highest BCUT2D eigenvalue weighted by molar-refractivity contribution is 7.90. The monoisotopic (exact) mass is 379 g/mol. The van der Waals surface area contributed by atoms with Gasteiger partial charge in [0.25, 0.3) is 5.91 Å². The number of anilines is 1. The number of ether oxygens (including phenoxy) is 1. The fourth-order valence-corrected chi connectivity index (χ4v) is 2.72. The van der Waals surface area contributed by atoms with Crippen molar-refractivity contribution in [3.05, 3.63) is 59.4 Å². The Morgan fingerprint density at radius 3 is 2.46 bits per heavy atom. The van der Waals surface area contributed by atoms with Gasteiger partial charge in [-0.15, -0.1) is 0 Å². The summed E-state index contributed by atoms with van der Waals surface area (Å²) in [4.78, 5) is 24.2. The lowest BCUT2D eigenvalue weighted by Gasteiger charge is -2.14. The molecule has 1 N–H and O–H groups in total. The minimum atomic E-state index is -3.47. The molecular formula is C18H18FNO5S. The summed E-state index contributed by atoms with van der Waals surface area (Å²) in [5, 5.41) is 2.45. The second-order valence-corrected chi connectivity index (χ2v) is 7.82. The van der Waals surface area contributed by atoms with Crippen LogP contribution in [0.1, 0.15) is 22.8 Å². The number of rotatable bonds is 5. The van der Waals surface area contributed by atoms with Crippen LogP contribution in [0.15, 0.2) is 47.4 Å². The molecule has 0 bridgehead atoms. The largest absolute Gasteiger partial charge is 0.449 e. The third-order valence-electron chi connectivity index (χ3n) is 3.59. The van der Waals surface area contributed by atoms with E-state index in [0.717, 1.165) is 12.3 Å². The van der Waals surface area contributed by atoms with Crippen molar-refractivity contribution in [1.29, 1.82) is 0 Å². The van der Waals surface area contributed by atoms with Crippen LogP contribution in [-0.2, 0) is 19.4 Å². The highest BCUT2D eigenvalue weighted by Gasteiger charge is 2.20. The van der Waals surface area contributed by atoms with Crippen molar-refractivity contribution in [2.75, 3.05) is 11.6 Å². The molecule has 26 heavy (non-hydrogen) atoms. The Labute approximate surface area is 150 Å². The second-order valence-electron chi connectivity index (χ2n) is 5.80. The molecule has 1 atom stereocenters. The molecule has 0 fully saturated rings. The van der Waals surface area contributed by atoms with Gasteiger partial charge in [0.1, 0.15) is 5.82 Å². The predicted octanol–water partition coefficient (Wildman–Crippen LogP) is 2.72. The van der Waals surface area contributed by atoms with Gasteiger partial charge < -0.3 is 10.1 Å². The van der Waals surface area contributed by atoms with Crippen LogP contribution in [-0.4, -0.2) is 32.7 Å². The van der Waals surface area contributed by atoms with E-state index in [4.69, 9.17) is 4.74 Å². The van der Waals surface area contributed by atoms with Crippen molar-refractivity contribution in [1.82, 2.24) is 0 Å². The molecule has 0 aliphatic heterocycles. The van der Waals surface area contributed by atoms with E-state index in [2.05, 4.69) is 5.32 Å². The van der Waals surface area contributed by atoms with E-state index in [1.807, 2.05) is 0 Å². The van der Waals surface area contributed by atoms with Gasteiger partial charge in [-0.05, 0) is 49.7 Å². The molecule has 138 valence electrons. The average Bonchev–Trinajstić information content (AvgIpc) is 2.57. The lowest BCUT2D eigenvalue weighted by atomic mass is 10.2. The number of hydrogen-bond donors (Lipinski definition) is 1. The zero-order chi connectivity index (χ0) is 19.5. The first kappa shape index (κ1) is 19.6. The molecule has 0 spiro atoms. The van der Waals surface area contributed by atoms with Gasteiger partial charge in [0, 0.05) is 11.9 Å². The number of carbonyl (C=O) groups is 2. The van der Waals surface area contributed by atoms with Crippen LogP contribution in [0.25, 0.3) is 0 Å². The molecule has 0 aliphatic rings. The van der Waals surface area contributed by atoms with Crippen LogP contribution in [0.4, 0.5) is 10.1 Å². The van der Waals surface area contributed by atoms with Crippen LogP contribution in [0.3, 0.4) is 0 Å². The van der Waals surface area contributed by atoms with E-state index >= 15 is 0 Å². The molecule has 2 aromatic rings. The summed E-state index contributed by atoms with van der Waals surface area (Å²) in [6.45, 7) is 2.95. The summed E-state index contributed by atoms with van der Waals surface area (Å²) in [5.41, 5.74) is 0.683. The first-order chi connectivity index (χ1) is 12.1. The number of nitrogens with one attached hydrogen (secondary N) is 1. The van der Waals surface area contributed by atoms with Gasteiger partial charge in [0.05, 0.1) is 10.5 Å². The third-order valence-corrected chi connectivity index (χ3v) is 4.70. The van der Waals surface area contributed by atoms with Gasteiger partial charge in [-0.2, -0.15) is 0 Å². The average molecular weight is 379 g/mol. The smallest absolute Gasteiger partial charge is 0.338 e. The summed E-state index contributed by atoms with van der Waals surface area (Å²) < 4.78 is 41.7. The van der Waals surface area contributed by atoms with Crippen LogP contribution >= 0.6 is 0 Å². The van der Waals surface area contributed by atoms with E-state index in [-0.39, 0.29) is 16.1 Å². The molecule has 0 radical (unpaired) electrons. The molecule has 0 aliphatic carbocycles. The van der Waals surface area contributed by atoms with Crippen LogP contribution in [0.5, 0.6) is 0 Å². The van der Waals surface area contributed by atoms with Crippen molar-refractivity contribution in [3.8, 4) is 0 Å². The van der Waals surface area contributed by atoms with Crippen molar-refractivity contribution in [2.45, 2.75) is 24.8 Å². The SMILES string of the molecule is Cc1ccc(NC(=O)C(C)OC(=O)c2cccc(S(C)(=O)=O)c2)cc1F. The van der Waals surface area contributed by atoms with E-state index in [9.17, 15) is 22.4 Å². The lowest BCUT2D eigenvalue weighted by molar-refractivity contribution is -0.123. The Hall–Kier alpha value is -2.74. The summed E-state index contributed by atoms with van der Waals surface area (Å²) in [6, 6.07) is 9.53. The predicted molar refractivity (Wildman–Crippen MR) is 94.2 cm³/mol. The maximum Gasteiger partial charge on any atom is 0.338 e. The maximum absolute atomic E-state index is 13.5. The minimum absolute atomic E-state index is 0.00829. The zero-order valence-corrected chi connectivity index (χ0v) is 15.3. The molecule has 1 amide bonds. The number of amides is 1. The van der Waals surface area contributed by atoms with Crippen LogP contribution in [0.2, 0.25) is 0 Å². The number of benzene rings is 2. The summed E-state index contributed by atoms with van der Waals surface area (Å²) in [6.07, 6.45) is -0.137. The van der Waals surface area contributed by atoms with E-state index in [1.54, 1.807) is 6.92 Å². The Morgan fingerprint density at radius 1 is 1.15 bits per heavy atom. The van der Waals surface area contributed by atoms with Gasteiger partial charge >= 0.3 is 5.97 Å². The Kier molecular flexibility index (Phi) is 5.76. The Bertz CT molecular complexity index is 956. The molecule has 0 saturated heterocycles. The molecule has 2 rings (SSSR count). The van der Waals surface area contributed by atoms with Crippen molar-refractivity contribution in [3.63, 3.8) is 0 Å². The third kappa shape index (κ3) is 4.89. The lowest BCUT2D eigenvalue weighted by Crippen LogP contribution is -2.30. The van der Waals surface area contributed by atoms with Gasteiger partial charge in [0.2, 0.25) is 0 Å². The molecule has 6 nitrogen and oxygen atoms in total. The summed E-state index contributed by atoms with van der Waals surface area (Å²) in [5.74, 6) is -1.95. The minimum Gasteiger partial charge on any atom is -0.449 e. The van der Waals surface area contributed by atoms with Crippen LogP contribution in [0, 0.1) is 12.7 Å². The van der Waals surface area contributed by atoms with Gasteiger partial charge in [-0.3, -0.25) is 4.79 Å². The highest BCUT2D eigenvalue weighted by Crippen LogP contribution is 2.15. The standard InChI is InChI=1S/C18H18FNO5S/c1-11-7-8-14(10-16(11)19)20-17(21)12(2)25-18(22)13-5-4-6-15(9-13)26(3,23)24/h4-10,12H,1-3H3,(H,20,21). The van der Waals surface area contributed by atoms with Crippen molar-refractivity contribution < 1.29 is 27.1 Å². The van der Waals surface area contributed by atoms with Crippen molar-refractivity contribution >= 4 is 27.4 Å². The highest BCUT2D eigenvalue weighted by atomic mass is 32.2. The molecule has 0 heterocycles. The van der Waals surface area contributed by atoms with E-state index in [0.29, 0.717) is 5.56 Å². The summed E-state index contributed by atoms with van der Waals surface area (Å²) in [7, 11) is -3.47. The number of aryl methyl sites for hydroxylation is 1. The first-order valence-electron chi connectivity index (χ1n) is 7.66. The number of esters is 1. The number of halogens is 1. The molecular weight excluding hydrogens is 361 g/mol. The topological polar surface area (TPSA) is 89.5 Å². The molecule has 8 heteroatoms. The fourth-order valence-electron chi connectivity index (χ4n) is 2.05. The fraction of sp³-hybridized carbons (Fsp3) is 0.222. The number of hydrogen-bond acceptors (Lipinski definition) is 5. The second kappa shape index (κ2) is 7.65. The van der Waals surface area contributed by atoms with E-state index < -0.39 is 33.6 Å². The van der Waals surface area contributed by atoms with Gasteiger partial charge in [0.15, 0.2) is 15.9 Å². The molecule has 0 aromatic heterocycles. The van der Waals surface area contributed by atoms with Gasteiger partial charge in [-0.1, -0.05) is 12.1 Å². The maximum atomic E-state index is 13.5. The van der Waals surface area contributed by atoms with E-state index in [1.165, 1.54) is 43.3 Å². The molecule has 1 unspecified atom stereocenters. The number of sulfone groups is 1. The Morgan fingerprint density at radius 2 is 1.85 bits per heavy atom. The Balaban J connectivity index is 2.06. The quantitative estimate of drug-likeness (QED) is 0.807. The summed E-state index contributed by atoms with van der Waals surface area (Å²) >= 11 is 0. The van der Waals surface area contributed by atoms with Crippen LogP contribution < -0.4 is 5.32 Å². The first-order valence-corrected chi connectivity index (χ1v) is 9.55. The van der Waals surface area contributed by atoms with Crippen molar-refractivity contribution in [2.24, 2.45) is 0 Å².